The van der Waals surface area contributed by atoms with Gasteiger partial charge in [-0.05, 0) is 44.1 Å². The first-order chi connectivity index (χ1) is 19.3. The average Bonchev–Trinajstić information content (AvgIpc) is 3.37. The van der Waals surface area contributed by atoms with E-state index in [1.807, 2.05) is 0 Å². The van der Waals surface area contributed by atoms with Crippen molar-refractivity contribution >= 4 is 11.5 Å². The molecule has 1 aromatic carbocycles. The number of hydrogen-bond acceptors (Lipinski definition) is 8. The molecule has 0 radical (unpaired) electrons. The van der Waals surface area contributed by atoms with Gasteiger partial charge in [-0.25, -0.2) is 4.98 Å². The first-order valence-electron chi connectivity index (χ1n) is 12.6. The molecule has 1 aliphatic heterocycles. The average molecular weight is 583 g/mol. The van der Waals surface area contributed by atoms with Crippen LogP contribution in [-0.4, -0.2) is 31.8 Å². The number of fused-ring (bicyclic) bond motifs is 5. The number of nitro groups is 1. The first-order valence-corrected chi connectivity index (χ1v) is 12.6. The second-order valence-electron chi connectivity index (χ2n) is 9.99. The highest BCUT2D eigenvalue weighted by molar-refractivity contribution is 5.68. The molecule has 1 aliphatic carbocycles. The van der Waals surface area contributed by atoms with Gasteiger partial charge in [-0.15, -0.1) is 10.2 Å². The maximum Gasteiger partial charge on any atom is 0.426 e. The van der Waals surface area contributed by atoms with E-state index in [4.69, 9.17) is 9.15 Å². The fourth-order valence-corrected chi connectivity index (χ4v) is 4.91. The Labute approximate surface area is 228 Å². The molecule has 41 heavy (non-hydrogen) atoms. The number of halogens is 6. The molecule has 1 atom stereocenters. The Morgan fingerprint density at radius 1 is 1.05 bits per heavy atom. The molecule has 9 nitrogen and oxygen atoms in total. The molecule has 2 aromatic heterocycles. The van der Waals surface area contributed by atoms with E-state index in [1.165, 1.54) is 6.08 Å². The Morgan fingerprint density at radius 2 is 1.78 bits per heavy atom. The molecule has 0 amide bonds. The molecule has 15 heteroatoms. The van der Waals surface area contributed by atoms with Gasteiger partial charge in [0.05, 0.1) is 11.5 Å². The van der Waals surface area contributed by atoms with Crippen molar-refractivity contribution < 1.29 is 40.4 Å². The molecule has 1 N–H and O–H groups in total. The largest absolute Gasteiger partial charge is 0.426 e. The third-order valence-electron chi connectivity index (χ3n) is 7.30. The van der Waals surface area contributed by atoms with Gasteiger partial charge in [0, 0.05) is 11.6 Å². The summed E-state index contributed by atoms with van der Waals surface area (Å²) < 4.78 is 97.2. The molecule has 0 saturated heterocycles. The van der Waals surface area contributed by atoms with Gasteiger partial charge in [-0.2, -0.15) is 26.3 Å². The van der Waals surface area contributed by atoms with Crippen molar-refractivity contribution in [2.24, 2.45) is 0 Å². The number of benzene rings is 1. The molecule has 0 unspecified atom stereocenters. The monoisotopic (exact) mass is 583 g/mol. The van der Waals surface area contributed by atoms with Gasteiger partial charge < -0.3 is 14.5 Å². The number of nitrogens with one attached hydrogen (secondary N) is 1. The maximum atomic E-state index is 14.8. The minimum Gasteiger partial charge on any atom is -0.415 e. The van der Waals surface area contributed by atoms with Crippen molar-refractivity contribution in [1.29, 1.82) is 0 Å². The van der Waals surface area contributed by atoms with Gasteiger partial charge in [-0.3, -0.25) is 10.1 Å². The predicted octanol–water partition coefficient (Wildman–Crippen LogP) is 7.11. The number of hydrogen-bond donors (Lipinski definition) is 1. The zero-order chi connectivity index (χ0) is 29.5. The smallest absolute Gasteiger partial charge is 0.415 e. The molecule has 2 aliphatic rings. The van der Waals surface area contributed by atoms with Crippen molar-refractivity contribution in [2.45, 2.75) is 68.6 Å². The van der Waals surface area contributed by atoms with Crippen LogP contribution in [0.25, 0.3) is 11.6 Å². The Hall–Kier alpha value is -4.01. The highest BCUT2D eigenvalue weighted by Gasteiger charge is 2.61. The van der Waals surface area contributed by atoms with Crippen LogP contribution < -0.4 is 5.32 Å². The van der Waals surface area contributed by atoms with Crippen LogP contribution >= 0.6 is 0 Å². The van der Waals surface area contributed by atoms with Crippen LogP contribution in [0.2, 0.25) is 0 Å². The van der Waals surface area contributed by atoms with Crippen LogP contribution in [0.15, 0.2) is 53.0 Å². The van der Waals surface area contributed by atoms with Crippen LogP contribution in [-0.2, 0) is 23.1 Å². The molecule has 1 saturated carbocycles. The van der Waals surface area contributed by atoms with Gasteiger partial charge in [0.2, 0.25) is 11.3 Å². The number of ether oxygens (including phenoxy) is 1. The van der Waals surface area contributed by atoms with E-state index in [9.17, 15) is 36.5 Å². The summed E-state index contributed by atoms with van der Waals surface area (Å²) in [4.78, 5) is 14.5. The van der Waals surface area contributed by atoms with E-state index in [0.29, 0.717) is 24.8 Å². The van der Waals surface area contributed by atoms with Crippen LogP contribution in [0, 0.1) is 10.1 Å². The Kier molecular flexibility index (Phi) is 7.26. The lowest BCUT2D eigenvalue weighted by Gasteiger charge is -2.43. The van der Waals surface area contributed by atoms with Crippen molar-refractivity contribution in [2.75, 3.05) is 5.32 Å². The zero-order valence-electron chi connectivity index (χ0n) is 21.3. The summed E-state index contributed by atoms with van der Waals surface area (Å²) >= 11 is 0. The molecule has 5 rings (SSSR count). The topological polar surface area (TPSA) is 116 Å². The van der Waals surface area contributed by atoms with Crippen molar-refractivity contribution in [3.63, 3.8) is 0 Å². The molecular weight excluding hydrogens is 560 g/mol. The number of alkyl halides is 6. The lowest BCUT2D eigenvalue weighted by atomic mass is 9.74. The summed E-state index contributed by atoms with van der Waals surface area (Å²) in [5.41, 5.74) is -6.93. The first kappa shape index (κ1) is 28.5. The Morgan fingerprint density at radius 3 is 2.39 bits per heavy atom. The predicted molar refractivity (Wildman–Crippen MR) is 131 cm³/mol. The maximum absolute atomic E-state index is 14.8. The summed E-state index contributed by atoms with van der Waals surface area (Å²) in [5.74, 6) is -2.62. The normalized spacial score (nSPS) is 20.6. The number of anilines is 1. The van der Waals surface area contributed by atoms with Crippen molar-refractivity contribution in [3.05, 3.63) is 75.7 Å². The third kappa shape index (κ3) is 5.49. The molecule has 1 spiro atoms. The van der Waals surface area contributed by atoms with E-state index in [2.05, 4.69) is 20.5 Å². The summed E-state index contributed by atoms with van der Waals surface area (Å²) in [6.07, 6.45) is -6.04. The molecule has 218 valence electrons. The highest BCUT2D eigenvalue weighted by Crippen LogP contribution is 2.48. The van der Waals surface area contributed by atoms with Crippen molar-refractivity contribution in [3.8, 4) is 11.6 Å². The van der Waals surface area contributed by atoms with E-state index in [-0.39, 0.29) is 18.9 Å². The van der Waals surface area contributed by atoms with Gasteiger partial charge >= 0.3 is 18.0 Å². The van der Waals surface area contributed by atoms with Gasteiger partial charge in [0.15, 0.2) is 0 Å². The molecule has 3 heterocycles. The van der Waals surface area contributed by atoms with Crippen LogP contribution in [0.3, 0.4) is 0 Å². The highest BCUT2D eigenvalue weighted by atomic mass is 19.4. The van der Waals surface area contributed by atoms with E-state index in [1.54, 1.807) is 36.4 Å². The fourth-order valence-electron chi connectivity index (χ4n) is 4.91. The van der Waals surface area contributed by atoms with Gasteiger partial charge in [0.1, 0.15) is 11.4 Å². The Balaban J connectivity index is 1.69. The fraction of sp³-hybridized carbons (Fsp3) is 0.423. The SMILES string of the molecule is O=[N+]([O-])c1cc(C(F)(F)F)c2nc1-c1nnc(o1)[C@@](OCc1ccccc1)(C(F)(F)F)CCC=CCC1(CCC1)N2. The molecule has 4 bridgehead atoms. The van der Waals surface area contributed by atoms with Gasteiger partial charge in [-0.1, -0.05) is 42.5 Å². The number of aromatic nitrogens is 3. The van der Waals surface area contributed by atoms with Crippen LogP contribution in [0.5, 0.6) is 0 Å². The van der Waals surface area contributed by atoms with Crippen LogP contribution in [0.1, 0.15) is 55.5 Å². The Bertz CT molecular complexity index is 1450. The minimum atomic E-state index is -5.09. The third-order valence-corrected chi connectivity index (χ3v) is 7.30. The minimum absolute atomic E-state index is 0.153. The van der Waals surface area contributed by atoms with E-state index >= 15 is 0 Å². The number of nitrogens with zero attached hydrogens (tertiary/aromatic N) is 4. The second kappa shape index (κ2) is 10.4. The summed E-state index contributed by atoms with van der Waals surface area (Å²) in [5, 5.41) is 21.7. The molecular formula is C26H23F6N5O4. The van der Waals surface area contributed by atoms with E-state index in [0.717, 1.165) is 0 Å². The number of rotatable bonds is 4. The molecule has 3 aromatic rings. The van der Waals surface area contributed by atoms with Crippen LogP contribution in [0.4, 0.5) is 37.8 Å². The quantitative estimate of drug-likeness (QED) is 0.150. The summed E-state index contributed by atoms with van der Waals surface area (Å²) in [7, 11) is 0. The molecule has 1 fully saturated rings. The van der Waals surface area contributed by atoms with E-state index < -0.39 is 76.0 Å². The summed E-state index contributed by atoms with van der Waals surface area (Å²) in [6.45, 7) is -0.488. The number of pyridine rings is 1. The number of allylic oxidation sites excluding steroid dienone is 1. The summed E-state index contributed by atoms with van der Waals surface area (Å²) in [6, 6.07) is 8.32. The lowest BCUT2D eigenvalue weighted by molar-refractivity contribution is -0.384. The van der Waals surface area contributed by atoms with Crippen molar-refractivity contribution in [1.82, 2.24) is 15.2 Å². The zero-order valence-corrected chi connectivity index (χ0v) is 21.3. The standard InChI is InChI=1S/C26H23F6N5O4/c27-25(28,29)17-14-18(37(38)39)19-21-35-36-22(41-21)24(26(30,31)32,40-15-16-8-3-1-4-9-16)13-6-2-5-10-23(11-7-12-23)34-20(17)33-19/h1-5,8-9,14H,6-7,10-13,15H2,(H,33,34)/t24-/m1/s1. The van der Waals surface area contributed by atoms with Gasteiger partial charge in [0.25, 0.3) is 11.8 Å². The second-order valence-corrected chi connectivity index (χ2v) is 9.99. The lowest BCUT2D eigenvalue weighted by Crippen LogP contribution is -2.45.